The monoisotopic (exact) mass is 234 g/mol. The van der Waals surface area contributed by atoms with Crippen molar-refractivity contribution in [1.82, 2.24) is 5.32 Å². The van der Waals surface area contributed by atoms with Crippen LogP contribution in [-0.2, 0) is 9.59 Å². The van der Waals surface area contributed by atoms with Crippen molar-refractivity contribution < 1.29 is 14.3 Å². The zero-order valence-corrected chi connectivity index (χ0v) is 9.77. The summed E-state index contributed by atoms with van der Waals surface area (Å²) in [5, 5.41) is 2.83. The van der Waals surface area contributed by atoms with Crippen LogP contribution >= 0.6 is 0 Å². The maximum absolute atomic E-state index is 11.9. The Morgan fingerprint density at radius 1 is 1.29 bits per heavy atom. The molecule has 1 saturated heterocycles. The SMILES string of the molecule is CNC1CC(=O)N(c2ccc(OC)cc2)C1=O. The van der Waals surface area contributed by atoms with Crippen LogP contribution in [0.5, 0.6) is 5.75 Å². The fourth-order valence-corrected chi connectivity index (χ4v) is 1.86. The van der Waals surface area contributed by atoms with Crippen molar-refractivity contribution in [1.29, 1.82) is 0 Å². The first-order chi connectivity index (χ1) is 8.17. The summed E-state index contributed by atoms with van der Waals surface area (Å²) in [6.45, 7) is 0. The lowest BCUT2D eigenvalue weighted by Gasteiger charge is -2.15. The number of anilines is 1. The first kappa shape index (κ1) is 11.6. The number of imide groups is 1. The Morgan fingerprint density at radius 2 is 1.94 bits per heavy atom. The van der Waals surface area contributed by atoms with Gasteiger partial charge in [0.2, 0.25) is 5.91 Å². The molecule has 0 saturated carbocycles. The number of carbonyl (C=O) groups excluding carboxylic acids is 2. The van der Waals surface area contributed by atoms with Gasteiger partial charge in [-0.3, -0.25) is 9.59 Å². The number of benzene rings is 1. The van der Waals surface area contributed by atoms with Crippen molar-refractivity contribution in [2.75, 3.05) is 19.1 Å². The minimum Gasteiger partial charge on any atom is -0.497 e. The van der Waals surface area contributed by atoms with Crippen molar-refractivity contribution in [3.05, 3.63) is 24.3 Å². The number of nitrogens with one attached hydrogen (secondary N) is 1. The van der Waals surface area contributed by atoms with Gasteiger partial charge in [0.05, 0.1) is 25.3 Å². The third kappa shape index (κ3) is 2.01. The van der Waals surface area contributed by atoms with E-state index in [-0.39, 0.29) is 18.2 Å². The number of amides is 2. The Hall–Kier alpha value is -1.88. The maximum Gasteiger partial charge on any atom is 0.251 e. The van der Waals surface area contributed by atoms with Crippen molar-refractivity contribution in [3.63, 3.8) is 0 Å². The molecule has 17 heavy (non-hydrogen) atoms. The molecule has 0 spiro atoms. The lowest BCUT2D eigenvalue weighted by atomic mass is 10.2. The molecule has 1 unspecified atom stereocenters. The van der Waals surface area contributed by atoms with E-state index in [2.05, 4.69) is 5.32 Å². The predicted molar refractivity (Wildman–Crippen MR) is 63.0 cm³/mol. The molecular weight excluding hydrogens is 220 g/mol. The minimum absolute atomic E-state index is 0.181. The summed E-state index contributed by atoms with van der Waals surface area (Å²) in [5.41, 5.74) is 0.582. The van der Waals surface area contributed by atoms with Crippen molar-refractivity contribution >= 4 is 17.5 Å². The molecular formula is C12H14N2O3. The van der Waals surface area contributed by atoms with Gasteiger partial charge in [-0.15, -0.1) is 0 Å². The molecule has 2 amide bonds. The van der Waals surface area contributed by atoms with Crippen LogP contribution in [-0.4, -0.2) is 32.0 Å². The Labute approximate surface area is 99.4 Å². The fraction of sp³-hybridized carbons (Fsp3) is 0.333. The maximum atomic E-state index is 11.9. The second-order valence-electron chi connectivity index (χ2n) is 3.81. The normalized spacial score (nSPS) is 19.9. The molecule has 1 heterocycles. The third-order valence-corrected chi connectivity index (χ3v) is 2.83. The number of ether oxygens (including phenoxy) is 1. The Balaban J connectivity index is 2.27. The van der Waals surface area contributed by atoms with Gasteiger partial charge in [0.25, 0.3) is 5.91 Å². The van der Waals surface area contributed by atoms with Gasteiger partial charge in [0, 0.05) is 0 Å². The van der Waals surface area contributed by atoms with E-state index >= 15 is 0 Å². The summed E-state index contributed by atoms with van der Waals surface area (Å²) in [6.07, 6.45) is 0.210. The highest BCUT2D eigenvalue weighted by Crippen LogP contribution is 2.24. The van der Waals surface area contributed by atoms with Crippen molar-refractivity contribution in [2.24, 2.45) is 0 Å². The molecule has 0 radical (unpaired) electrons. The molecule has 1 aromatic carbocycles. The molecule has 1 atom stereocenters. The van der Waals surface area contributed by atoms with Crippen LogP contribution in [0.1, 0.15) is 6.42 Å². The summed E-state index contributed by atoms with van der Waals surface area (Å²) in [5.74, 6) is 0.306. The Kier molecular flexibility index (Phi) is 3.10. The van der Waals surface area contributed by atoms with Crippen molar-refractivity contribution in [2.45, 2.75) is 12.5 Å². The molecule has 1 N–H and O–H groups in total. The molecule has 1 fully saturated rings. The third-order valence-electron chi connectivity index (χ3n) is 2.83. The van der Waals surface area contributed by atoms with Crippen LogP contribution < -0.4 is 15.0 Å². The van der Waals surface area contributed by atoms with Gasteiger partial charge in [-0.2, -0.15) is 0 Å². The van der Waals surface area contributed by atoms with Crippen LogP contribution in [0.4, 0.5) is 5.69 Å². The molecule has 5 heteroatoms. The molecule has 0 aromatic heterocycles. The highest BCUT2D eigenvalue weighted by atomic mass is 16.5. The molecule has 5 nitrogen and oxygen atoms in total. The average molecular weight is 234 g/mol. The minimum atomic E-state index is -0.412. The van der Waals surface area contributed by atoms with Gasteiger partial charge >= 0.3 is 0 Å². The standard InChI is InChI=1S/C12H14N2O3/c1-13-10-7-11(15)14(12(10)16)8-3-5-9(17-2)6-4-8/h3-6,10,13H,7H2,1-2H3. The highest BCUT2D eigenvalue weighted by Gasteiger charge is 2.38. The van der Waals surface area contributed by atoms with E-state index in [1.165, 1.54) is 4.90 Å². The molecule has 0 bridgehead atoms. The van der Waals surface area contributed by atoms with E-state index in [1.807, 2.05) is 0 Å². The van der Waals surface area contributed by atoms with E-state index in [1.54, 1.807) is 38.4 Å². The highest BCUT2D eigenvalue weighted by molar-refractivity contribution is 6.22. The number of likely N-dealkylation sites (N-methyl/N-ethyl adjacent to an activating group) is 1. The Bertz CT molecular complexity index is 442. The predicted octanol–water partition coefficient (Wildman–Crippen LogP) is 0.546. The molecule has 1 aromatic rings. The summed E-state index contributed by atoms with van der Waals surface area (Å²) >= 11 is 0. The Morgan fingerprint density at radius 3 is 2.41 bits per heavy atom. The zero-order valence-electron chi connectivity index (χ0n) is 9.77. The van der Waals surface area contributed by atoms with Gasteiger partial charge in [0.15, 0.2) is 0 Å². The second kappa shape index (κ2) is 4.55. The molecule has 0 aliphatic carbocycles. The van der Waals surface area contributed by atoms with Gasteiger partial charge in [-0.1, -0.05) is 0 Å². The molecule has 90 valence electrons. The number of rotatable bonds is 3. The molecule has 2 rings (SSSR count). The first-order valence-corrected chi connectivity index (χ1v) is 5.35. The lowest BCUT2D eigenvalue weighted by molar-refractivity contribution is -0.121. The molecule has 1 aliphatic heterocycles. The second-order valence-corrected chi connectivity index (χ2v) is 3.81. The van der Waals surface area contributed by atoms with Crippen LogP contribution in [0.25, 0.3) is 0 Å². The summed E-state index contributed by atoms with van der Waals surface area (Å²) in [4.78, 5) is 24.9. The van der Waals surface area contributed by atoms with Crippen LogP contribution in [0.3, 0.4) is 0 Å². The van der Waals surface area contributed by atoms with Gasteiger partial charge in [0.1, 0.15) is 5.75 Å². The van der Waals surface area contributed by atoms with Gasteiger partial charge in [-0.25, -0.2) is 4.90 Å². The van der Waals surface area contributed by atoms with Crippen LogP contribution in [0.15, 0.2) is 24.3 Å². The van der Waals surface area contributed by atoms with E-state index in [9.17, 15) is 9.59 Å². The smallest absolute Gasteiger partial charge is 0.251 e. The summed E-state index contributed by atoms with van der Waals surface area (Å²) < 4.78 is 5.03. The number of hydrogen-bond acceptors (Lipinski definition) is 4. The zero-order chi connectivity index (χ0) is 12.4. The number of nitrogens with zero attached hydrogens (tertiary/aromatic N) is 1. The quantitative estimate of drug-likeness (QED) is 0.776. The number of methoxy groups -OCH3 is 1. The molecule has 1 aliphatic rings. The lowest BCUT2D eigenvalue weighted by Crippen LogP contribution is -2.37. The van der Waals surface area contributed by atoms with Crippen LogP contribution in [0.2, 0.25) is 0 Å². The van der Waals surface area contributed by atoms with Crippen molar-refractivity contribution in [3.8, 4) is 5.75 Å². The summed E-state index contributed by atoms with van der Waals surface area (Å²) in [7, 11) is 3.24. The van der Waals surface area contributed by atoms with E-state index in [0.29, 0.717) is 11.4 Å². The van der Waals surface area contributed by atoms with E-state index in [4.69, 9.17) is 4.74 Å². The van der Waals surface area contributed by atoms with Gasteiger partial charge in [-0.05, 0) is 31.3 Å². The topological polar surface area (TPSA) is 58.6 Å². The van der Waals surface area contributed by atoms with Crippen LogP contribution in [0, 0.1) is 0 Å². The number of hydrogen-bond donors (Lipinski definition) is 1. The van der Waals surface area contributed by atoms with E-state index < -0.39 is 6.04 Å². The fourth-order valence-electron chi connectivity index (χ4n) is 1.86. The largest absolute Gasteiger partial charge is 0.497 e. The van der Waals surface area contributed by atoms with E-state index in [0.717, 1.165) is 0 Å². The number of carbonyl (C=O) groups is 2. The first-order valence-electron chi connectivity index (χ1n) is 5.35. The summed E-state index contributed by atoms with van der Waals surface area (Å²) in [6, 6.07) is 6.44. The average Bonchev–Trinajstić information content (AvgIpc) is 2.64. The van der Waals surface area contributed by atoms with Gasteiger partial charge < -0.3 is 10.1 Å².